The van der Waals surface area contributed by atoms with Gasteiger partial charge in [0.15, 0.2) is 0 Å². The third-order valence-corrected chi connectivity index (χ3v) is 4.31. The van der Waals surface area contributed by atoms with Crippen LogP contribution >= 0.6 is 0 Å². The Morgan fingerprint density at radius 2 is 1.96 bits per heavy atom. The molecule has 1 amide bonds. The second kappa shape index (κ2) is 7.47. The Morgan fingerprint density at radius 1 is 1.21 bits per heavy atom. The van der Waals surface area contributed by atoms with Crippen molar-refractivity contribution in [3.8, 4) is 11.6 Å². The minimum Gasteiger partial charge on any atom is -0.439 e. The van der Waals surface area contributed by atoms with Crippen LogP contribution in [-0.2, 0) is 11.3 Å². The molecule has 1 aromatic heterocycles. The van der Waals surface area contributed by atoms with E-state index in [0.29, 0.717) is 12.4 Å². The Balaban J connectivity index is 1.98. The lowest BCUT2D eigenvalue weighted by atomic mass is 9.89. The van der Waals surface area contributed by atoms with Crippen LogP contribution in [0.5, 0.6) is 11.6 Å². The zero-order valence-corrected chi connectivity index (χ0v) is 15.1. The molecule has 0 bridgehead atoms. The lowest BCUT2D eigenvalue weighted by Gasteiger charge is -2.21. The fourth-order valence-electron chi connectivity index (χ4n) is 2.09. The molecule has 0 saturated carbocycles. The topological polar surface area (TPSA) is 51.2 Å². The van der Waals surface area contributed by atoms with Gasteiger partial charge in [0.25, 0.3) is 0 Å². The molecule has 0 unspecified atom stereocenters. The number of ether oxygens (including phenoxy) is 1. The fourth-order valence-corrected chi connectivity index (χ4v) is 2.09. The van der Waals surface area contributed by atoms with Crippen molar-refractivity contribution in [2.45, 2.75) is 47.6 Å². The van der Waals surface area contributed by atoms with Gasteiger partial charge in [-0.15, -0.1) is 0 Å². The number of carbonyl (C=O) groups is 1. The second-order valence-corrected chi connectivity index (χ2v) is 6.80. The molecule has 1 aromatic carbocycles. The van der Waals surface area contributed by atoms with Gasteiger partial charge in [0, 0.05) is 24.2 Å². The Labute approximate surface area is 144 Å². The summed E-state index contributed by atoms with van der Waals surface area (Å²) in [6.45, 7) is 10.4. The van der Waals surface area contributed by atoms with Crippen LogP contribution in [0.15, 0.2) is 36.5 Å². The van der Waals surface area contributed by atoms with Crippen molar-refractivity contribution in [3.63, 3.8) is 0 Å². The standard InChI is InChI=1S/C20H26N2O2/c1-6-20(4,5)19(23)22-13-16-9-10-18(21-12-16)24-17-11-14(2)7-8-15(17)3/h7-12H,6,13H2,1-5H3,(H,22,23). The number of pyridine rings is 1. The molecule has 128 valence electrons. The molecule has 2 aromatic rings. The molecule has 2 rings (SSSR count). The monoisotopic (exact) mass is 326 g/mol. The van der Waals surface area contributed by atoms with Crippen LogP contribution in [0.4, 0.5) is 0 Å². The molecule has 0 spiro atoms. The summed E-state index contributed by atoms with van der Waals surface area (Å²) in [4.78, 5) is 16.4. The van der Waals surface area contributed by atoms with E-state index in [-0.39, 0.29) is 11.3 Å². The SMILES string of the molecule is CCC(C)(C)C(=O)NCc1ccc(Oc2cc(C)ccc2C)nc1. The van der Waals surface area contributed by atoms with Gasteiger partial charge in [-0.05, 0) is 43.0 Å². The Hall–Kier alpha value is -2.36. The molecular weight excluding hydrogens is 300 g/mol. The third-order valence-electron chi connectivity index (χ3n) is 4.31. The predicted molar refractivity (Wildman–Crippen MR) is 96.1 cm³/mol. The van der Waals surface area contributed by atoms with Crippen molar-refractivity contribution < 1.29 is 9.53 Å². The van der Waals surface area contributed by atoms with Gasteiger partial charge in [-0.1, -0.05) is 39.0 Å². The Kier molecular flexibility index (Phi) is 5.60. The van der Waals surface area contributed by atoms with Crippen LogP contribution in [0.2, 0.25) is 0 Å². The molecule has 0 atom stereocenters. The first-order chi connectivity index (χ1) is 11.3. The van der Waals surface area contributed by atoms with E-state index in [2.05, 4.69) is 16.4 Å². The van der Waals surface area contributed by atoms with Crippen molar-refractivity contribution in [1.29, 1.82) is 0 Å². The normalized spacial score (nSPS) is 11.2. The molecule has 1 heterocycles. The van der Waals surface area contributed by atoms with E-state index in [4.69, 9.17) is 4.74 Å². The van der Waals surface area contributed by atoms with Crippen LogP contribution < -0.4 is 10.1 Å². The average Bonchev–Trinajstić information content (AvgIpc) is 2.57. The number of hydrogen-bond donors (Lipinski definition) is 1. The Morgan fingerprint density at radius 3 is 2.58 bits per heavy atom. The number of nitrogens with zero attached hydrogens (tertiary/aromatic N) is 1. The van der Waals surface area contributed by atoms with E-state index < -0.39 is 0 Å². The number of aryl methyl sites for hydroxylation is 2. The summed E-state index contributed by atoms with van der Waals surface area (Å²) in [7, 11) is 0. The fraction of sp³-hybridized carbons (Fsp3) is 0.400. The van der Waals surface area contributed by atoms with Gasteiger partial charge >= 0.3 is 0 Å². The summed E-state index contributed by atoms with van der Waals surface area (Å²) < 4.78 is 5.84. The smallest absolute Gasteiger partial charge is 0.225 e. The van der Waals surface area contributed by atoms with E-state index in [1.54, 1.807) is 6.20 Å². The summed E-state index contributed by atoms with van der Waals surface area (Å²) in [5.74, 6) is 1.42. The molecule has 4 nitrogen and oxygen atoms in total. The van der Waals surface area contributed by atoms with Gasteiger partial charge in [0.2, 0.25) is 11.8 Å². The number of benzene rings is 1. The molecule has 0 aliphatic carbocycles. The van der Waals surface area contributed by atoms with Crippen LogP contribution in [0.25, 0.3) is 0 Å². The van der Waals surface area contributed by atoms with Crippen molar-refractivity contribution in [1.82, 2.24) is 10.3 Å². The van der Waals surface area contributed by atoms with Crippen molar-refractivity contribution in [2.75, 3.05) is 0 Å². The van der Waals surface area contributed by atoms with Crippen LogP contribution in [0, 0.1) is 19.3 Å². The van der Waals surface area contributed by atoms with Crippen LogP contribution in [-0.4, -0.2) is 10.9 Å². The molecule has 24 heavy (non-hydrogen) atoms. The first kappa shape index (κ1) is 18.0. The average molecular weight is 326 g/mol. The van der Waals surface area contributed by atoms with Crippen molar-refractivity contribution >= 4 is 5.91 Å². The van der Waals surface area contributed by atoms with Crippen LogP contribution in [0.1, 0.15) is 43.9 Å². The zero-order valence-electron chi connectivity index (χ0n) is 15.1. The first-order valence-corrected chi connectivity index (χ1v) is 8.30. The molecule has 4 heteroatoms. The number of hydrogen-bond acceptors (Lipinski definition) is 3. The molecule has 0 aliphatic heterocycles. The molecule has 0 radical (unpaired) electrons. The summed E-state index contributed by atoms with van der Waals surface area (Å²) in [6, 6.07) is 9.84. The van der Waals surface area contributed by atoms with Gasteiger partial charge in [0.05, 0.1) is 0 Å². The molecular formula is C20H26N2O2. The summed E-state index contributed by atoms with van der Waals surface area (Å²) in [5, 5.41) is 2.96. The van der Waals surface area contributed by atoms with Crippen molar-refractivity contribution in [2.24, 2.45) is 5.41 Å². The van der Waals surface area contributed by atoms with E-state index in [0.717, 1.165) is 28.9 Å². The number of carbonyl (C=O) groups excluding carboxylic acids is 1. The summed E-state index contributed by atoms with van der Waals surface area (Å²) in [5.41, 5.74) is 2.82. The number of nitrogens with one attached hydrogen (secondary N) is 1. The Bertz CT molecular complexity index is 706. The van der Waals surface area contributed by atoms with Gasteiger partial charge < -0.3 is 10.1 Å². The van der Waals surface area contributed by atoms with Gasteiger partial charge in [-0.2, -0.15) is 0 Å². The highest BCUT2D eigenvalue weighted by Gasteiger charge is 2.24. The number of aromatic nitrogens is 1. The summed E-state index contributed by atoms with van der Waals surface area (Å²) in [6.07, 6.45) is 2.54. The highest BCUT2D eigenvalue weighted by atomic mass is 16.5. The van der Waals surface area contributed by atoms with Gasteiger partial charge in [-0.25, -0.2) is 4.98 Å². The summed E-state index contributed by atoms with van der Waals surface area (Å²) >= 11 is 0. The maximum absolute atomic E-state index is 12.1. The zero-order chi connectivity index (χ0) is 17.7. The molecule has 1 N–H and O–H groups in total. The maximum atomic E-state index is 12.1. The lowest BCUT2D eigenvalue weighted by molar-refractivity contribution is -0.129. The largest absolute Gasteiger partial charge is 0.439 e. The highest BCUT2D eigenvalue weighted by Crippen LogP contribution is 2.25. The minimum atomic E-state index is -0.348. The molecule has 0 fully saturated rings. The van der Waals surface area contributed by atoms with Gasteiger partial charge in [0.1, 0.15) is 5.75 Å². The molecule has 0 saturated heterocycles. The minimum absolute atomic E-state index is 0.0562. The van der Waals surface area contributed by atoms with Crippen molar-refractivity contribution in [3.05, 3.63) is 53.2 Å². The van der Waals surface area contributed by atoms with E-state index >= 15 is 0 Å². The maximum Gasteiger partial charge on any atom is 0.225 e. The predicted octanol–water partition coefficient (Wildman–Crippen LogP) is 4.54. The van der Waals surface area contributed by atoms with Gasteiger partial charge in [-0.3, -0.25) is 4.79 Å². The number of rotatable bonds is 6. The van der Waals surface area contributed by atoms with E-state index in [1.165, 1.54) is 0 Å². The highest BCUT2D eigenvalue weighted by molar-refractivity contribution is 5.81. The molecule has 0 aliphatic rings. The number of amides is 1. The van der Waals surface area contributed by atoms with E-state index in [9.17, 15) is 4.79 Å². The van der Waals surface area contributed by atoms with Crippen LogP contribution in [0.3, 0.4) is 0 Å². The second-order valence-electron chi connectivity index (χ2n) is 6.80. The van der Waals surface area contributed by atoms with E-state index in [1.807, 2.05) is 58.9 Å². The third kappa shape index (κ3) is 4.57. The lowest BCUT2D eigenvalue weighted by Crippen LogP contribution is -2.36. The first-order valence-electron chi connectivity index (χ1n) is 8.30. The quantitative estimate of drug-likeness (QED) is 0.847.